The monoisotopic (exact) mass is 442 g/mol. The van der Waals surface area contributed by atoms with Crippen LogP contribution in [-0.4, -0.2) is 49.8 Å². The van der Waals surface area contributed by atoms with Gasteiger partial charge in [-0.2, -0.15) is 0 Å². The number of rotatable bonds is 7. The van der Waals surface area contributed by atoms with Crippen LogP contribution in [0.15, 0.2) is 42.5 Å². The number of carbonyl (C=O) groups excluding carboxylic acids is 3. The predicted molar refractivity (Wildman–Crippen MR) is 122 cm³/mol. The van der Waals surface area contributed by atoms with Gasteiger partial charge < -0.3 is 20.4 Å². The Kier molecular flexibility index (Phi) is 7.30. The van der Waals surface area contributed by atoms with Crippen molar-refractivity contribution in [2.45, 2.75) is 19.9 Å². The van der Waals surface area contributed by atoms with Crippen molar-refractivity contribution in [1.29, 1.82) is 0 Å². The van der Waals surface area contributed by atoms with Gasteiger partial charge in [0.15, 0.2) is 0 Å². The number of anilines is 2. The Bertz CT molecular complexity index is 993. The second-order valence-corrected chi connectivity index (χ2v) is 8.48. The highest BCUT2D eigenvalue weighted by atomic mass is 35.5. The molecule has 0 aliphatic carbocycles. The number of hydrogen-bond donors (Lipinski definition) is 2. The summed E-state index contributed by atoms with van der Waals surface area (Å²) < 4.78 is 0. The molecule has 1 aliphatic heterocycles. The highest BCUT2D eigenvalue weighted by Crippen LogP contribution is 2.30. The van der Waals surface area contributed by atoms with E-state index in [1.54, 1.807) is 28.0 Å². The summed E-state index contributed by atoms with van der Waals surface area (Å²) in [5, 5.41) is 6.30. The minimum atomic E-state index is -0.422. The topological polar surface area (TPSA) is 81.8 Å². The zero-order valence-corrected chi connectivity index (χ0v) is 18.7. The molecule has 1 unspecified atom stereocenters. The predicted octanol–water partition coefficient (Wildman–Crippen LogP) is 2.82. The van der Waals surface area contributed by atoms with E-state index >= 15 is 0 Å². The van der Waals surface area contributed by atoms with Crippen molar-refractivity contribution in [2.75, 3.05) is 37.4 Å². The highest BCUT2D eigenvalue weighted by Gasteiger charge is 2.35. The highest BCUT2D eigenvalue weighted by molar-refractivity contribution is 6.31. The first-order valence-electron chi connectivity index (χ1n) is 10.1. The van der Waals surface area contributed by atoms with E-state index < -0.39 is 5.92 Å². The number of nitrogens with zero attached hydrogens (tertiary/aromatic N) is 2. The Balaban J connectivity index is 1.58. The second kappa shape index (κ2) is 9.94. The minimum absolute atomic E-state index is 0.0869. The fourth-order valence-corrected chi connectivity index (χ4v) is 3.74. The minimum Gasteiger partial charge on any atom is -0.352 e. The average molecular weight is 443 g/mol. The smallest absolute Gasteiger partial charge is 0.238 e. The Morgan fingerprint density at radius 3 is 2.71 bits per heavy atom. The SMILES string of the molecule is Cc1ccc(Cl)cc1N1CC(C(=O)NCc2cccc(NC(=O)CN(C)C)c2)CC1=O. The second-order valence-electron chi connectivity index (χ2n) is 8.04. The van der Waals surface area contributed by atoms with Gasteiger partial charge in [-0.1, -0.05) is 29.8 Å². The Morgan fingerprint density at radius 1 is 1.19 bits per heavy atom. The van der Waals surface area contributed by atoms with Crippen LogP contribution in [0.1, 0.15) is 17.5 Å². The Morgan fingerprint density at radius 2 is 1.97 bits per heavy atom. The van der Waals surface area contributed by atoms with Gasteiger partial charge in [0.1, 0.15) is 0 Å². The molecule has 7 nitrogen and oxygen atoms in total. The van der Waals surface area contributed by atoms with E-state index in [1.165, 1.54) is 0 Å². The molecule has 3 rings (SSSR count). The number of benzene rings is 2. The molecule has 1 atom stereocenters. The summed E-state index contributed by atoms with van der Waals surface area (Å²) >= 11 is 6.08. The van der Waals surface area contributed by atoms with Crippen LogP contribution >= 0.6 is 11.6 Å². The molecule has 2 aromatic carbocycles. The largest absolute Gasteiger partial charge is 0.352 e. The number of halogens is 1. The van der Waals surface area contributed by atoms with E-state index in [1.807, 2.05) is 45.3 Å². The standard InChI is InChI=1S/C23H27ClN4O3/c1-15-7-8-18(24)11-20(15)28-13-17(10-22(28)30)23(31)25-12-16-5-4-6-19(9-16)26-21(29)14-27(2)3/h4-9,11,17H,10,12-14H2,1-3H3,(H,25,31)(H,26,29). The van der Waals surface area contributed by atoms with Crippen LogP contribution in [0.5, 0.6) is 0 Å². The van der Waals surface area contributed by atoms with Gasteiger partial charge in [0.25, 0.3) is 0 Å². The molecule has 0 bridgehead atoms. The quantitative estimate of drug-likeness (QED) is 0.690. The summed E-state index contributed by atoms with van der Waals surface area (Å²) in [5.74, 6) is -0.783. The molecule has 1 fully saturated rings. The molecule has 3 amide bonds. The molecular weight excluding hydrogens is 416 g/mol. The van der Waals surface area contributed by atoms with Crippen molar-refractivity contribution in [2.24, 2.45) is 5.92 Å². The lowest BCUT2D eigenvalue weighted by atomic mass is 10.1. The first kappa shape index (κ1) is 22.8. The van der Waals surface area contributed by atoms with Gasteiger partial charge in [0.05, 0.1) is 12.5 Å². The Hall–Kier alpha value is -2.90. The van der Waals surface area contributed by atoms with Crippen molar-refractivity contribution in [3.63, 3.8) is 0 Å². The number of nitrogens with one attached hydrogen (secondary N) is 2. The molecule has 2 N–H and O–H groups in total. The number of likely N-dealkylation sites (N-methyl/N-ethyl adjacent to an activating group) is 1. The van der Waals surface area contributed by atoms with Crippen molar-refractivity contribution in [3.8, 4) is 0 Å². The van der Waals surface area contributed by atoms with Crippen LogP contribution in [0.25, 0.3) is 0 Å². The van der Waals surface area contributed by atoms with Gasteiger partial charge in [-0.25, -0.2) is 0 Å². The van der Waals surface area contributed by atoms with Gasteiger partial charge in [-0.3, -0.25) is 14.4 Å². The summed E-state index contributed by atoms with van der Waals surface area (Å²) in [6.45, 7) is 2.85. The van der Waals surface area contributed by atoms with Gasteiger partial charge in [-0.05, 0) is 56.4 Å². The molecular formula is C23H27ClN4O3. The molecule has 164 valence electrons. The van der Waals surface area contributed by atoms with Crippen molar-refractivity contribution >= 4 is 40.7 Å². The lowest BCUT2D eigenvalue weighted by Gasteiger charge is -2.19. The third-order valence-electron chi connectivity index (χ3n) is 5.10. The maximum absolute atomic E-state index is 12.7. The third kappa shape index (κ3) is 6.06. The summed E-state index contributed by atoms with van der Waals surface area (Å²) in [6, 6.07) is 12.7. The maximum atomic E-state index is 12.7. The Labute approximate surface area is 187 Å². The van der Waals surface area contributed by atoms with E-state index in [-0.39, 0.29) is 24.1 Å². The van der Waals surface area contributed by atoms with Crippen LogP contribution in [0.3, 0.4) is 0 Å². The van der Waals surface area contributed by atoms with Crippen LogP contribution in [0.4, 0.5) is 11.4 Å². The molecule has 1 heterocycles. The van der Waals surface area contributed by atoms with E-state index in [4.69, 9.17) is 11.6 Å². The van der Waals surface area contributed by atoms with Crippen molar-refractivity contribution < 1.29 is 14.4 Å². The van der Waals surface area contributed by atoms with Crippen molar-refractivity contribution in [1.82, 2.24) is 10.2 Å². The fourth-order valence-electron chi connectivity index (χ4n) is 3.57. The molecule has 0 radical (unpaired) electrons. The number of hydrogen-bond acceptors (Lipinski definition) is 4. The van der Waals surface area contributed by atoms with Crippen LogP contribution < -0.4 is 15.5 Å². The summed E-state index contributed by atoms with van der Waals surface area (Å²) in [6.07, 6.45) is 0.165. The molecule has 31 heavy (non-hydrogen) atoms. The van der Waals surface area contributed by atoms with E-state index in [9.17, 15) is 14.4 Å². The van der Waals surface area contributed by atoms with Crippen LogP contribution in [-0.2, 0) is 20.9 Å². The van der Waals surface area contributed by atoms with Crippen LogP contribution in [0, 0.1) is 12.8 Å². The van der Waals surface area contributed by atoms with E-state index in [0.717, 1.165) is 16.8 Å². The van der Waals surface area contributed by atoms with Crippen molar-refractivity contribution in [3.05, 3.63) is 58.6 Å². The van der Waals surface area contributed by atoms with Crippen LogP contribution in [0.2, 0.25) is 5.02 Å². The normalized spacial score (nSPS) is 16.0. The lowest BCUT2D eigenvalue weighted by molar-refractivity contribution is -0.126. The molecule has 0 aromatic heterocycles. The molecule has 1 saturated heterocycles. The summed E-state index contributed by atoms with van der Waals surface area (Å²) in [5.41, 5.74) is 3.22. The third-order valence-corrected chi connectivity index (χ3v) is 5.33. The number of aryl methyl sites for hydroxylation is 1. The molecule has 0 saturated carbocycles. The average Bonchev–Trinajstić information content (AvgIpc) is 3.09. The first-order chi connectivity index (χ1) is 14.7. The van der Waals surface area contributed by atoms with E-state index in [2.05, 4.69) is 10.6 Å². The van der Waals surface area contributed by atoms with E-state index in [0.29, 0.717) is 30.3 Å². The zero-order valence-electron chi connectivity index (χ0n) is 17.9. The molecule has 8 heteroatoms. The molecule has 0 spiro atoms. The summed E-state index contributed by atoms with van der Waals surface area (Å²) in [7, 11) is 3.66. The van der Waals surface area contributed by atoms with Gasteiger partial charge in [0.2, 0.25) is 17.7 Å². The first-order valence-corrected chi connectivity index (χ1v) is 10.5. The number of carbonyl (C=O) groups is 3. The fraction of sp³-hybridized carbons (Fsp3) is 0.348. The van der Waals surface area contributed by atoms with Gasteiger partial charge in [-0.15, -0.1) is 0 Å². The lowest BCUT2D eigenvalue weighted by Crippen LogP contribution is -2.32. The molecule has 1 aliphatic rings. The van der Waals surface area contributed by atoms with Gasteiger partial charge in [0, 0.05) is 35.9 Å². The van der Waals surface area contributed by atoms with Gasteiger partial charge >= 0.3 is 0 Å². The summed E-state index contributed by atoms with van der Waals surface area (Å²) in [4.78, 5) is 40.5. The maximum Gasteiger partial charge on any atom is 0.238 e. The molecule has 2 aromatic rings. The number of amides is 3. The zero-order chi connectivity index (χ0) is 22.5.